The van der Waals surface area contributed by atoms with Crippen molar-refractivity contribution in [1.29, 1.82) is 0 Å². The maximum absolute atomic E-state index is 11.6. The molecule has 0 atom stereocenters. The van der Waals surface area contributed by atoms with Gasteiger partial charge in [-0.25, -0.2) is 4.79 Å². The molecular formula is C11H17N3O4. The Bertz CT molecular complexity index is 347. The Morgan fingerprint density at radius 1 is 1.11 bits per heavy atom. The van der Waals surface area contributed by atoms with Crippen molar-refractivity contribution in [3.8, 4) is 0 Å². The van der Waals surface area contributed by atoms with Gasteiger partial charge in [0.15, 0.2) is 0 Å². The van der Waals surface area contributed by atoms with Crippen LogP contribution in [0, 0.1) is 0 Å². The third kappa shape index (κ3) is 3.05. The SMILES string of the molecule is CN1CC[15N]([13CH2]C(=O)ON2C(=O)CCC2=O)[13CH2][13CH2]1. The summed E-state index contributed by atoms with van der Waals surface area (Å²) >= 11 is 0. The molecule has 2 heterocycles. The van der Waals surface area contributed by atoms with Crippen molar-refractivity contribution >= 4 is 17.8 Å². The molecule has 18 heavy (non-hydrogen) atoms. The smallest absolute Gasteiger partial charge is 0.329 e. The Morgan fingerprint density at radius 3 is 2.22 bits per heavy atom. The average Bonchev–Trinajstić information content (AvgIpc) is 2.64. The van der Waals surface area contributed by atoms with Gasteiger partial charge in [-0.05, 0) is 7.05 Å². The lowest BCUT2D eigenvalue weighted by molar-refractivity contribution is -0.198. The van der Waals surface area contributed by atoms with Crippen LogP contribution in [0.1, 0.15) is 12.8 Å². The van der Waals surface area contributed by atoms with Gasteiger partial charge < -0.3 is 9.74 Å². The van der Waals surface area contributed by atoms with Crippen LogP contribution in [0.2, 0.25) is 0 Å². The number of amides is 2. The minimum absolute atomic E-state index is 0.116. The van der Waals surface area contributed by atoms with Crippen LogP contribution in [-0.4, -0.2) is 72.4 Å². The molecule has 7 nitrogen and oxygen atoms in total. The number of imide groups is 1. The fraction of sp³-hybridized carbons (Fsp3) is 0.727. The van der Waals surface area contributed by atoms with Gasteiger partial charge in [-0.15, -0.1) is 5.06 Å². The van der Waals surface area contributed by atoms with Gasteiger partial charge in [0, 0.05) is 39.0 Å². The van der Waals surface area contributed by atoms with E-state index < -0.39 is 17.8 Å². The van der Waals surface area contributed by atoms with E-state index in [1.54, 1.807) is 0 Å². The molecule has 100 valence electrons. The zero-order valence-electron chi connectivity index (χ0n) is 10.4. The first-order valence-corrected chi connectivity index (χ1v) is 6.04. The molecule has 2 saturated heterocycles. The highest BCUT2D eigenvalue weighted by atomic mass is 16.7. The molecule has 0 spiro atoms. The molecule has 0 aromatic carbocycles. The van der Waals surface area contributed by atoms with E-state index in [0.29, 0.717) is 5.06 Å². The highest BCUT2D eigenvalue weighted by Crippen LogP contribution is 2.12. The van der Waals surface area contributed by atoms with Gasteiger partial charge >= 0.3 is 5.97 Å². The number of carbonyl (C=O) groups is 3. The van der Waals surface area contributed by atoms with Crippen LogP contribution in [0.4, 0.5) is 0 Å². The fourth-order valence-corrected chi connectivity index (χ4v) is 1.98. The van der Waals surface area contributed by atoms with Gasteiger partial charge in [0.05, 0.1) is 6.54 Å². The first kappa shape index (κ1) is 13.0. The van der Waals surface area contributed by atoms with E-state index in [2.05, 4.69) is 4.90 Å². The molecule has 2 aliphatic heterocycles. The van der Waals surface area contributed by atoms with Gasteiger partial charge in [0.1, 0.15) is 0 Å². The number of likely N-dealkylation sites (N-methyl/N-ethyl adjacent to an activating group) is 1. The summed E-state index contributed by atoms with van der Waals surface area (Å²) in [6.07, 6.45) is 0.251. The third-order valence-corrected chi connectivity index (χ3v) is 3.15. The maximum Gasteiger partial charge on any atom is 0.347 e. The zero-order valence-corrected chi connectivity index (χ0v) is 10.4. The molecule has 2 aliphatic rings. The summed E-state index contributed by atoms with van der Waals surface area (Å²) in [7, 11) is 2.03. The Kier molecular flexibility index (Phi) is 3.93. The van der Waals surface area contributed by atoms with Crippen LogP contribution in [-0.2, 0) is 19.2 Å². The number of rotatable bonds is 3. The molecule has 0 aliphatic carbocycles. The van der Waals surface area contributed by atoms with E-state index in [-0.39, 0.29) is 19.4 Å². The van der Waals surface area contributed by atoms with Crippen LogP contribution in [0.15, 0.2) is 0 Å². The topological polar surface area (TPSA) is 70.2 Å². The van der Waals surface area contributed by atoms with Crippen molar-refractivity contribution in [2.24, 2.45) is 0 Å². The molecule has 0 aromatic heterocycles. The highest BCUT2D eigenvalue weighted by molar-refractivity contribution is 6.01. The molecule has 0 saturated carbocycles. The summed E-state index contributed by atoms with van der Waals surface area (Å²) < 4.78 is 0. The molecule has 2 amide bonds. The lowest BCUT2D eigenvalue weighted by atomic mass is 10.4. The molecular weight excluding hydrogens is 242 g/mol. The number of nitrogens with zero attached hydrogens (tertiary/aromatic N) is 3. The van der Waals surface area contributed by atoms with E-state index in [1.165, 1.54) is 0 Å². The summed E-state index contributed by atoms with van der Waals surface area (Å²) in [5.41, 5.74) is 0. The summed E-state index contributed by atoms with van der Waals surface area (Å²) in [4.78, 5) is 43.1. The number of carbonyl (C=O) groups excluding carboxylic acids is 3. The number of piperazine rings is 1. The molecule has 0 radical (unpaired) electrons. The third-order valence-electron chi connectivity index (χ3n) is 3.15. The lowest BCUT2D eigenvalue weighted by Gasteiger charge is -2.31. The number of hydroxylamine groups is 2. The van der Waals surface area contributed by atoms with Crippen molar-refractivity contribution in [2.45, 2.75) is 12.8 Å². The number of hydrogen-bond donors (Lipinski definition) is 0. The minimum atomic E-state index is -0.553. The van der Waals surface area contributed by atoms with Gasteiger partial charge in [0.2, 0.25) is 0 Å². The van der Waals surface area contributed by atoms with Crippen LogP contribution in [0.5, 0.6) is 0 Å². The quantitative estimate of drug-likeness (QED) is 0.362. The van der Waals surface area contributed by atoms with E-state index >= 15 is 0 Å². The predicted octanol–water partition coefficient (Wildman–Crippen LogP) is -1.16. The molecule has 0 aromatic rings. The van der Waals surface area contributed by atoms with E-state index in [1.807, 2.05) is 11.9 Å². The van der Waals surface area contributed by atoms with Crippen molar-refractivity contribution in [3.05, 3.63) is 0 Å². The van der Waals surface area contributed by atoms with Crippen molar-refractivity contribution in [3.63, 3.8) is 0 Å². The van der Waals surface area contributed by atoms with Crippen LogP contribution >= 0.6 is 0 Å². The first-order chi connectivity index (χ1) is 8.56. The molecule has 0 N–H and O–H groups in total. The van der Waals surface area contributed by atoms with Crippen molar-refractivity contribution < 1.29 is 19.2 Å². The van der Waals surface area contributed by atoms with E-state index in [0.717, 1.165) is 26.2 Å². The first-order valence-electron chi connectivity index (χ1n) is 6.04. The Morgan fingerprint density at radius 2 is 1.67 bits per heavy atom. The second-order valence-corrected chi connectivity index (χ2v) is 4.62. The Balaban J connectivity index is 1.78. The van der Waals surface area contributed by atoms with Crippen molar-refractivity contribution in [1.82, 2.24) is 14.9 Å². The van der Waals surface area contributed by atoms with Gasteiger partial charge in [-0.3, -0.25) is 14.5 Å². The van der Waals surface area contributed by atoms with Crippen LogP contribution < -0.4 is 0 Å². The fourth-order valence-electron chi connectivity index (χ4n) is 1.98. The lowest BCUT2D eigenvalue weighted by Crippen LogP contribution is -2.47. The molecule has 7 heteroatoms. The predicted molar refractivity (Wildman–Crippen MR) is 61.1 cm³/mol. The largest absolute Gasteiger partial charge is 0.347 e. The highest BCUT2D eigenvalue weighted by Gasteiger charge is 2.33. The summed E-state index contributed by atoms with van der Waals surface area (Å²) in [6, 6.07) is 0. The zero-order chi connectivity index (χ0) is 13.1. The van der Waals surface area contributed by atoms with Gasteiger partial charge in [0.25, 0.3) is 11.8 Å². The standard InChI is InChI=1S/C11H17N3O4/c1-12-4-6-13(7-5-12)8-11(17)18-14-9(15)2-3-10(14)16/h2-8H2,1H3/i4+1,6+1,8+1,13+1. The van der Waals surface area contributed by atoms with Crippen LogP contribution in [0.3, 0.4) is 0 Å². The van der Waals surface area contributed by atoms with Crippen LogP contribution in [0.25, 0.3) is 0 Å². The second-order valence-electron chi connectivity index (χ2n) is 4.62. The van der Waals surface area contributed by atoms with Crippen molar-refractivity contribution in [2.75, 3.05) is 39.8 Å². The molecule has 2 rings (SSSR count). The monoisotopic (exact) mass is 259 g/mol. The summed E-state index contributed by atoms with van der Waals surface area (Å²) in [5.74, 6) is -1.43. The normalized spacial score (nSPS) is 22.6. The maximum atomic E-state index is 11.6. The van der Waals surface area contributed by atoms with Gasteiger partial charge in [-0.2, -0.15) is 0 Å². The molecule has 2 fully saturated rings. The van der Waals surface area contributed by atoms with E-state index in [9.17, 15) is 14.4 Å². The van der Waals surface area contributed by atoms with Gasteiger partial charge in [-0.1, -0.05) is 0 Å². The summed E-state index contributed by atoms with van der Waals surface area (Å²) in [6.45, 7) is 3.48. The molecule has 0 unspecified atom stereocenters. The second kappa shape index (κ2) is 5.45. The average molecular weight is 259 g/mol. The number of hydrogen-bond acceptors (Lipinski definition) is 6. The Labute approximate surface area is 105 Å². The Hall–Kier alpha value is -1.47. The van der Waals surface area contributed by atoms with E-state index in [4.69, 9.17) is 4.84 Å². The molecule has 0 bridgehead atoms. The summed E-state index contributed by atoms with van der Waals surface area (Å²) in [5, 5.41) is 0.596. The minimum Gasteiger partial charge on any atom is -0.329 e.